The molecule has 0 radical (unpaired) electrons. The summed E-state index contributed by atoms with van der Waals surface area (Å²) in [5, 5.41) is 0. The van der Waals surface area contributed by atoms with Gasteiger partial charge in [0.25, 0.3) is 11.8 Å². The Bertz CT molecular complexity index is 913. The maximum absolute atomic E-state index is 13.4. The topological polar surface area (TPSA) is 72.6 Å². The number of ether oxygens (including phenoxy) is 1. The Morgan fingerprint density at radius 1 is 1.27 bits per heavy atom. The molecule has 1 aliphatic rings. The van der Waals surface area contributed by atoms with Crippen LogP contribution in [0.3, 0.4) is 0 Å². The van der Waals surface area contributed by atoms with Crippen LogP contribution >= 0.6 is 24.0 Å². The minimum atomic E-state index is -0.560. The van der Waals surface area contributed by atoms with Crippen molar-refractivity contribution in [2.24, 2.45) is 5.73 Å². The number of benzene rings is 2. The third-order valence-electron chi connectivity index (χ3n) is 3.42. The third-order valence-corrected chi connectivity index (χ3v) is 4.72. The highest BCUT2D eigenvalue weighted by atomic mass is 32.2. The molecule has 132 valence electrons. The van der Waals surface area contributed by atoms with E-state index in [2.05, 4.69) is 0 Å². The quantitative estimate of drug-likeness (QED) is 0.629. The number of hydrogen-bond donors (Lipinski definition) is 1. The number of carbonyl (C=O) groups is 2. The van der Waals surface area contributed by atoms with Crippen LogP contribution < -0.4 is 15.4 Å². The van der Waals surface area contributed by atoms with Gasteiger partial charge in [0.15, 0.2) is 10.9 Å². The third kappa shape index (κ3) is 4.09. The number of carbonyl (C=O) groups excluding carboxylic acids is 2. The van der Waals surface area contributed by atoms with Crippen LogP contribution in [0.2, 0.25) is 0 Å². The molecule has 5 nitrogen and oxygen atoms in total. The lowest BCUT2D eigenvalue weighted by atomic mass is 10.2. The van der Waals surface area contributed by atoms with E-state index >= 15 is 0 Å². The second-order valence-electron chi connectivity index (χ2n) is 5.32. The van der Waals surface area contributed by atoms with Gasteiger partial charge in [0.2, 0.25) is 0 Å². The summed E-state index contributed by atoms with van der Waals surface area (Å²) in [6.45, 7) is -0.203. The van der Waals surface area contributed by atoms with Crippen molar-refractivity contribution in [3.63, 3.8) is 0 Å². The number of anilines is 1. The molecule has 1 saturated heterocycles. The fraction of sp³-hybridized carbons (Fsp3) is 0.0556. The summed E-state index contributed by atoms with van der Waals surface area (Å²) < 4.78 is 19.0. The molecule has 1 aliphatic heterocycles. The molecule has 1 heterocycles. The van der Waals surface area contributed by atoms with Crippen molar-refractivity contribution in [3.8, 4) is 5.75 Å². The van der Waals surface area contributed by atoms with Gasteiger partial charge in [0.1, 0.15) is 11.6 Å². The summed E-state index contributed by atoms with van der Waals surface area (Å²) in [4.78, 5) is 25.1. The SMILES string of the molecule is NC(=O)COc1ccc(/C=C2/SC(=S)N(c3cccc(F)c3)C2=O)cc1. The van der Waals surface area contributed by atoms with Gasteiger partial charge in [0, 0.05) is 0 Å². The largest absolute Gasteiger partial charge is 0.484 e. The Morgan fingerprint density at radius 3 is 2.65 bits per heavy atom. The average Bonchev–Trinajstić information content (AvgIpc) is 2.88. The molecule has 0 bridgehead atoms. The zero-order valence-corrected chi connectivity index (χ0v) is 15.0. The van der Waals surface area contributed by atoms with Crippen molar-refractivity contribution < 1.29 is 18.7 Å². The maximum Gasteiger partial charge on any atom is 0.270 e. The summed E-state index contributed by atoms with van der Waals surface area (Å²) in [6, 6.07) is 12.5. The molecule has 0 atom stereocenters. The fourth-order valence-electron chi connectivity index (χ4n) is 2.27. The molecule has 26 heavy (non-hydrogen) atoms. The number of hydrogen-bond acceptors (Lipinski definition) is 5. The molecule has 2 N–H and O–H groups in total. The molecule has 1 fully saturated rings. The van der Waals surface area contributed by atoms with Crippen LogP contribution in [-0.4, -0.2) is 22.7 Å². The van der Waals surface area contributed by atoms with Gasteiger partial charge in [0.05, 0.1) is 10.6 Å². The molecule has 0 saturated carbocycles. The van der Waals surface area contributed by atoms with Crippen molar-refractivity contribution in [2.45, 2.75) is 0 Å². The van der Waals surface area contributed by atoms with Crippen molar-refractivity contribution in [3.05, 3.63) is 64.8 Å². The molecule has 8 heteroatoms. The zero-order chi connectivity index (χ0) is 18.7. The summed E-state index contributed by atoms with van der Waals surface area (Å²) in [7, 11) is 0. The van der Waals surface area contributed by atoms with Crippen molar-refractivity contribution in [2.75, 3.05) is 11.5 Å². The number of primary amides is 1. The first kappa shape index (κ1) is 18.1. The van der Waals surface area contributed by atoms with Gasteiger partial charge in [-0.25, -0.2) is 4.39 Å². The van der Waals surface area contributed by atoms with Gasteiger partial charge >= 0.3 is 0 Å². The van der Waals surface area contributed by atoms with E-state index in [0.717, 1.165) is 17.3 Å². The van der Waals surface area contributed by atoms with E-state index in [1.165, 1.54) is 23.1 Å². The van der Waals surface area contributed by atoms with Crippen LogP contribution in [0.1, 0.15) is 5.56 Å². The second kappa shape index (κ2) is 7.67. The van der Waals surface area contributed by atoms with Crippen molar-refractivity contribution >= 4 is 51.9 Å². The minimum Gasteiger partial charge on any atom is -0.484 e. The Balaban J connectivity index is 1.78. The number of halogens is 1. The van der Waals surface area contributed by atoms with E-state index < -0.39 is 11.7 Å². The van der Waals surface area contributed by atoms with Gasteiger partial charge in [-0.2, -0.15) is 0 Å². The first-order valence-electron chi connectivity index (χ1n) is 7.49. The van der Waals surface area contributed by atoms with Crippen LogP contribution in [0, 0.1) is 5.82 Å². The summed E-state index contributed by atoms with van der Waals surface area (Å²) in [5.74, 6) is -0.810. The van der Waals surface area contributed by atoms with Gasteiger partial charge in [-0.3, -0.25) is 14.5 Å². The molecule has 0 spiro atoms. The van der Waals surface area contributed by atoms with Gasteiger partial charge < -0.3 is 10.5 Å². The van der Waals surface area contributed by atoms with Gasteiger partial charge in [-0.05, 0) is 42.0 Å². The van der Waals surface area contributed by atoms with Crippen LogP contribution in [0.5, 0.6) is 5.75 Å². The van der Waals surface area contributed by atoms with Crippen LogP contribution in [0.25, 0.3) is 6.08 Å². The minimum absolute atomic E-state index is 0.203. The Morgan fingerprint density at radius 2 is 2.00 bits per heavy atom. The van der Waals surface area contributed by atoms with Crippen LogP contribution in [0.4, 0.5) is 10.1 Å². The number of rotatable bonds is 5. The van der Waals surface area contributed by atoms with Gasteiger partial charge in [-0.1, -0.05) is 42.2 Å². The Kier molecular flexibility index (Phi) is 5.34. The molecule has 0 aliphatic carbocycles. The summed E-state index contributed by atoms with van der Waals surface area (Å²) in [6.07, 6.45) is 1.69. The normalized spacial score (nSPS) is 15.6. The highest BCUT2D eigenvalue weighted by Crippen LogP contribution is 2.36. The lowest BCUT2D eigenvalue weighted by molar-refractivity contribution is -0.120. The van der Waals surface area contributed by atoms with Crippen molar-refractivity contribution in [1.82, 2.24) is 0 Å². The Hall–Kier alpha value is -2.71. The molecule has 0 aromatic heterocycles. The molecular formula is C18H13FN2O3S2. The molecule has 3 rings (SSSR count). The second-order valence-corrected chi connectivity index (χ2v) is 7.00. The monoisotopic (exact) mass is 388 g/mol. The first-order valence-corrected chi connectivity index (χ1v) is 8.71. The highest BCUT2D eigenvalue weighted by molar-refractivity contribution is 8.27. The molecule has 2 aromatic rings. The lowest BCUT2D eigenvalue weighted by Crippen LogP contribution is -2.27. The molecule has 0 unspecified atom stereocenters. The van der Waals surface area contributed by atoms with Crippen LogP contribution in [0.15, 0.2) is 53.4 Å². The van der Waals surface area contributed by atoms with E-state index in [4.69, 9.17) is 22.7 Å². The van der Waals surface area contributed by atoms with E-state index in [9.17, 15) is 14.0 Å². The summed E-state index contributed by atoms with van der Waals surface area (Å²) >= 11 is 6.41. The van der Waals surface area contributed by atoms with Crippen molar-refractivity contribution in [1.29, 1.82) is 0 Å². The average molecular weight is 388 g/mol. The number of thioether (sulfide) groups is 1. The number of nitrogens with two attached hydrogens (primary N) is 1. The number of amides is 2. The Labute approximate surface area is 158 Å². The molecular weight excluding hydrogens is 375 g/mol. The first-order chi connectivity index (χ1) is 12.4. The van der Waals surface area contributed by atoms with E-state index in [0.29, 0.717) is 20.7 Å². The van der Waals surface area contributed by atoms with Gasteiger partial charge in [-0.15, -0.1) is 0 Å². The maximum atomic E-state index is 13.4. The summed E-state index contributed by atoms with van der Waals surface area (Å²) in [5.41, 5.74) is 6.18. The lowest BCUT2D eigenvalue weighted by Gasteiger charge is -2.14. The van der Waals surface area contributed by atoms with E-state index in [-0.39, 0.29) is 12.5 Å². The number of thiocarbonyl (C=S) groups is 1. The highest BCUT2D eigenvalue weighted by Gasteiger charge is 2.33. The molecule has 2 amide bonds. The standard InChI is InChI=1S/C18H13FN2O3S2/c19-12-2-1-3-13(9-12)21-17(23)15(26-18(21)25)8-11-4-6-14(7-5-11)24-10-16(20)22/h1-9H,10H2,(H2,20,22)/b15-8+. The molecule has 2 aromatic carbocycles. The van der Waals surface area contributed by atoms with Crippen LogP contribution in [-0.2, 0) is 9.59 Å². The fourth-order valence-corrected chi connectivity index (χ4v) is 3.57. The number of nitrogens with zero attached hydrogens (tertiary/aromatic N) is 1. The van der Waals surface area contributed by atoms with E-state index in [1.807, 2.05) is 0 Å². The zero-order valence-electron chi connectivity index (χ0n) is 13.3. The predicted octanol–water partition coefficient (Wildman–Crippen LogP) is 3.10. The smallest absolute Gasteiger partial charge is 0.270 e. The van der Waals surface area contributed by atoms with E-state index in [1.54, 1.807) is 36.4 Å². The predicted molar refractivity (Wildman–Crippen MR) is 103 cm³/mol.